The van der Waals surface area contributed by atoms with Gasteiger partial charge in [-0.3, -0.25) is 4.90 Å². The van der Waals surface area contributed by atoms with Crippen molar-refractivity contribution >= 4 is 6.09 Å². The van der Waals surface area contributed by atoms with Crippen LogP contribution in [0.4, 0.5) is 4.79 Å². The first kappa shape index (κ1) is 14.1. The zero-order valence-electron chi connectivity index (χ0n) is 12.2. The Morgan fingerprint density at radius 1 is 1.50 bits per heavy atom. The molecule has 3 rings (SSSR count). The molecule has 20 heavy (non-hydrogen) atoms. The van der Waals surface area contributed by atoms with E-state index in [0.29, 0.717) is 6.54 Å². The molecule has 1 spiro atoms. The summed E-state index contributed by atoms with van der Waals surface area (Å²) >= 11 is 0. The molecule has 1 amide bonds. The van der Waals surface area contributed by atoms with Gasteiger partial charge in [0, 0.05) is 43.8 Å². The lowest BCUT2D eigenvalue weighted by Gasteiger charge is -2.54. The molecule has 6 heteroatoms. The van der Waals surface area contributed by atoms with Crippen LogP contribution in [0.1, 0.15) is 26.2 Å². The summed E-state index contributed by atoms with van der Waals surface area (Å²) in [5.74, 6) is 0. The van der Waals surface area contributed by atoms with E-state index in [1.165, 1.54) is 19.3 Å². The quantitative estimate of drug-likeness (QED) is 0.776. The molecule has 0 aromatic rings. The lowest BCUT2D eigenvalue weighted by Crippen LogP contribution is -2.66. The fraction of sp³-hybridized carbons (Fsp3) is 0.929. The molecule has 1 aliphatic carbocycles. The van der Waals surface area contributed by atoms with Gasteiger partial charge in [-0.25, -0.2) is 4.79 Å². The van der Waals surface area contributed by atoms with Gasteiger partial charge in [0.1, 0.15) is 0 Å². The number of carboxylic acid groups (broad SMARTS) is 1. The second-order valence-corrected chi connectivity index (χ2v) is 6.47. The maximum Gasteiger partial charge on any atom is 0.407 e. The van der Waals surface area contributed by atoms with Gasteiger partial charge in [-0.15, -0.1) is 0 Å². The van der Waals surface area contributed by atoms with Crippen molar-refractivity contribution in [2.45, 2.75) is 43.8 Å². The predicted molar refractivity (Wildman–Crippen MR) is 75.0 cm³/mol. The number of ether oxygens (including phenoxy) is 1. The minimum atomic E-state index is -0.802. The van der Waals surface area contributed by atoms with Gasteiger partial charge >= 0.3 is 6.09 Å². The van der Waals surface area contributed by atoms with Crippen LogP contribution in [-0.2, 0) is 4.74 Å². The van der Waals surface area contributed by atoms with Crippen molar-refractivity contribution < 1.29 is 14.6 Å². The van der Waals surface area contributed by atoms with Crippen molar-refractivity contribution in [1.82, 2.24) is 15.1 Å². The molecule has 3 aliphatic rings. The third-order valence-corrected chi connectivity index (χ3v) is 5.17. The van der Waals surface area contributed by atoms with Crippen molar-refractivity contribution in [2.24, 2.45) is 0 Å². The van der Waals surface area contributed by atoms with Crippen molar-refractivity contribution in [2.75, 3.05) is 39.4 Å². The Bertz CT molecular complexity index is 373. The van der Waals surface area contributed by atoms with E-state index in [9.17, 15) is 9.90 Å². The average Bonchev–Trinajstić information content (AvgIpc) is 2.39. The molecular weight excluding hydrogens is 258 g/mol. The second-order valence-electron chi connectivity index (χ2n) is 6.47. The highest BCUT2D eigenvalue weighted by atomic mass is 16.5. The molecule has 0 bridgehead atoms. The van der Waals surface area contributed by atoms with Crippen LogP contribution in [0.15, 0.2) is 0 Å². The molecule has 0 unspecified atom stereocenters. The fourth-order valence-corrected chi connectivity index (χ4v) is 3.68. The van der Waals surface area contributed by atoms with Crippen LogP contribution in [0.5, 0.6) is 0 Å². The highest BCUT2D eigenvalue weighted by Gasteiger charge is 2.45. The first-order valence-corrected chi connectivity index (χ1v) is 7.66. The Balaban J connectivity index is 1.61. The molecule has 114 valence electrons. The number of piperazine rings is 1. The van der Waals surface area contributed by atoms with Crippen LogP contribution in [-0.4, -0.2) is 78.0 Å². The molecule has 2 N–H and O–H groups in total. The molecule has 6 nitrogen and oxygen atoms in total. The van der Waals surface area contributed by atoms with Gasteiger partial charge in [-0.1, -0.05) is 0 Å². The lowest BCUT2D eigenvalue weighted by molar-refractivity contribution is -0.111. The number of morpholine rings is 1. The Morgan fingerprint density at radius 3 is 2.95 bits per heavy atom. The standard InChI is InChI=1S/C14H25N3O3/c1-11-7-15-12(9-17(11)13(18)19)8-16-5-6-20-10-14(16)3-2-4-14/h11-12,15H,2-10H2,1H3,(H,18,19)/t11-,12+/m1/s1. The van der Waals surface area contributed by atoms with E-state index in [1.54, 1.807) is 4.90 Å². The van der Waals surface area contributed by atoms with Gasteiger partial charge in [0.15, 0.2) is 0 Å². The summed E-state index contributed by atoms with van der Waals surface area (Å²) in [6.45, 7) is 6.84. The molecule has 2 aliphatic heterocycles. The highest BCUT2D eigenvalue weighted by Crippen LogP contribution is 2.39. The van der Waals surface area contributed by atoms with E-state index in [-0.39, 0.29) is 17.6 Å². The molecule has 0 aromatic carbocycles. The van der Waals surface area contributed by atoms with Crippen LogP contribution in [0.2, 0.25) is 0 Å². The first-order chi connectivity index (χ1) is 9.61. The maximum absolute atomic E-state index is 11.3. The van der Waals surface area contributed by atoms with Crippen LogP contribution in [0, 0.1) is 0 Å². The zero-order chi connectivity index (χ0) is 14.2. The highest BCUT2D eigenvalue weighted by molar-refractivity contribution is 5.65. The smallest absolute Gasteiger partial charge is 0.407 e. The Morgan fingerprint density at radius 2 is 2.30 bits per heavy atom. The van der Waals surface area contributed by atoms with Gasteiger partial charge in [0.2, 0.25) is 0 Å². The fourth-order valence-electron chi connectivity index (χ4n) is 3.68. The van der Waals surface area contributed by atoms with Crippen LogP contribution >= 0.6 is 0 Å². The van der Waals surface area contributed by atoms with E-state index >= 15 is 0 Å². The van der Waals surface area contributed by atoms with Crippen LogP contribution in [0.25, 0.3) is 0 Å². The summed E-state index contributed by atoms with van der Waals surface area (Å²) in [6.07, 6.45) is 2.93. The van der Waals surface area contributed by atoms with E-state index in [0.717, 1.165) is 32.8 Å². The molecule has 0 aromatic heterocycles. The summed E-state index contributed by atoms with van der Waals surface area (Å²) in [5, 5.41) is 12.8. The second kappa shape index (κ2) is 5.50. The molecule has 2 atom stereocenters. The molecule has 1 saturated carbocycles. The summed E-state index contributed by atoms with van der Waals surface area (Å²) in [6, 6.07) is 0.295. The Labute approximate surface area is 120 Å². The number of carbonyl (C=O) groups is 1. The largest absolute Gasteiger partial charge is 0.465 e. The van der Waals surface area contributed by atoms with Crippen molar-refractivity contribution in [3.05, 3.63) is 0 Å². The molecule has 2 saturated heterocycles. The summed E-state index contributed by atoms with van der Waals surface area (Å²) in [4.78, 5) is 15.4. The monoisotopic (exact) mass is 283 g/mol. The molecular formula is C14H25N3O3. The van der Waals surface area contributed by atoms with Crippen molar-refractivity contribution in [3.8, 4) is 0 Å². The third kappa shape index (κ3) is 2.52. The van der Waals surface area contributed by atoms with Crippen molar-refractivity contribution in [1.29, 1.82) is 0 Å². The summed E-state index contributed by atoms with van der Waals surface area (Å²) < 4.78 is 5.66. The predicted octanol–water partition coefficient (Wildman–Crippen LogP) is 0.582. The third-order valence-electron chi connectivity index (χ3n) is 5.17. The number of amides is 1. The van der Waals surface area contributed by atoms with Gasteiger partial charge in [0.05, 0.1) is 13.2 Å². The normalized spacial score (nSPS) is 34.0. The Kier molecular flexibility index (Phi) is 3.88. The van der Waals surface area contributed by atoms with Crippen LogP contribution in [0.3, 0.4) is 0 Å². The number of nitrogens with one attached hydrogen (secondary N) is 1. The molecule has 3 fully saturated rings. The van der Waals surface area contributed by atoms with E-state index in [2.05, 4.69) is 10.2 Å². The Hall–Kier alpha value is -0.850. The van der Waals surface area contributed by atoms with Gasteiger partial charge < -0.3 is 20.1 Å². The minimum absolute atomic E-state index is 0.0612. The minimum Gasteiger partial charge on any atom is -0.465 e. The van der Waals surface area contributed by atoms with E-state index in [1.807, 2.05) is 6.92 Å². The number of hydrogen-bond donors (Lipinski definition) is 2. The maximum atomic E-state index is 11.3. The van der Waals surface area contributed by atoms with E-state index in [4.69, 9.17) is 4.74 Å². The average molecular weight is 283 g/mol. The number of rotatable bonds is 2. The van der Waals surface area contributed by atoms with Gasteiger partial charge in [-0.2, -0.15) is 0 Å². The lowest BCUT2D eigenvalue weighted by atomic mass is 9.75. The van der Waals surface area contributed by atoms with Crippen LogP contribution < -0.4 is 5.32 Å². The van der Waals surface area contributed by atoms with E-state index < -0.39 is 6.09 Å². The first-order valence-electron chi connectivity index (χ1n) is 7.66. The topological polar surface area (TPSA) is 65.0 Å². The SMILES string of the molecule is C[C@@H]1CN[C@@H](CN2CCOCC23CCC3)CN1C(=O)O. The molecule has 2 heterocycles. The summed E-state index contributed by atoms with van der Waals surface area (Å²) in [5.41, 5.74) is 0.247. The summed E-state index contributed by atoms with van der Waals surface area (Å²) in [7, 11) is 0. The number of hydrogen-bond acceptors (Lipinski definition) is 4. The molecule has 0 radical (unpaired) electrons. The van der Waals surface area contributed by atoms with Gasteiger partial charge in [-0.05, 0) is 26.2 Å². The number of nitrogens with zero attached hydrogens (tertiary/aromatic N) is 2. The van der Waals surface area contributed by atoms with Crippen molar-refractivity contribution in [3.63, 3.8) is 0 Å². The van der Waals surface area contributed by atoms with Gasteiger partial charge in [0.25, 0.3) is 0 Å². The zero-order valence-corrected chi connectivity index (χ0v) is 12.2.